The van der Waals surface area contributed by atoms with Crippen LogP contribution < -0.4 is 5.32 Å². The number of carbonyl (C=O) groups excluding carboxylic acids is 1. The van der Waals surface area contributed by atoms with E-state index in [2.05, 4.69) is 15.5 Å². The Labute approximate surface area is 166 Å². The lowest BCUT2D eigenvalue weighted by Crippen LogP contribution is -2.30. The first-order valence-corrected chi connectivity index (χ1v) is 9.54. The lowest BCUT2D eigenvalue weighted by atomic mass is 10.2. The van der Waals surface area contributed by atoms with Crippen molar-refractivity contribution < 1.29 is 9.18 Å². The van der Waals surface area contributed by atoms with Crippen LogP contribution in [0.5, 0.6) is 0 Å². The predicted molar refractivity (Wildman–Crippen MR) is 105 cm³/mol. The quantitative estimate of drug-likeness (QED) is 0.629. The van der Waals surface area contributed by atoms with Crippen molar-refractivity contribution in [3.8, 4) is 11.4 Å². The average Bonchev–Trinajstić information content (AvgIpc) is 3.02. The van der Waals surface area contributed by atoms with Crippen LogP contribution in [0.1, 0.15) is 12.5 Å². The van der Waals surface area contributed by atoms with Gasteiger partial charge in [-0.3, -0.25) is 4.79 Å². The number of halogens is 2. The monoisotopic (exact) mass is 404 g/mol. The molecule has 2 aromatic carbocycles. The number of nitrogens with one attached hydrogen (secondary N) is 1. The van der Waals surface area contributed by atoms with Crippen LogP contribution in [0.25, 0.3) is 11.4 Å². The lowest BCUT2D eigenvalue weighted by Gasteiger charge is -2.12. The van der Waals surface area contributed by atoms with Crippen molar-refractivity contribution in [1.29, 1.82) is 0 Å². The Kier molecular flexibility index (Phi) is 6.13. The molecule has 0 aliphatic carbocycles. The Morgan fingerprint density at radius 1 is 1.22 bits per heavy atom. The largest absolute Gasteiger partial charge is 0.351 e. The summed E-state index contributed by atoms with van der Waals surface area (Å²) >= 11 is 7.41. The van der Waals surface area contributed by atoms with E-state index < -0.39 is 0 Å². The van der Waals surface area contributed by atoms with Crippen molar-refractivity contribution in [2.75, 3.05) is 0 Å². The highest BCUT2D eigenvalue weighted by Gasteiger charge is 2.19. The molecule has 0 unspecified atom stereocenters. The molecule has 1 amide bonds. The summed E-state index contributed by atoms with van der Waals surface area (Å²) in [5.41, 5.74) is 1.62. The molecule has 0 aliphatic heterocycles. The standard InChI is InChI=1S/C19H18ClFN4OS/c1-12(18(26)22-11-14-5-3-4-6-16(14)20)27-19-24-23-17(25(19)2)13-7-9-15(21)10-8-13/h3-10,12H,11H2,1-2H3,(H,22,26)/t12-/m1/s1. The molecule has 27 heavy (non-hydrogen) atoms. The van der Waals surface area contributed by atoms with Gasteiger partial charge in [0.1, 0.15) is 5.82 Å². The van der Waals surface area contributed by atoms with Crippen LogP contribution in [-0.4, -0.2) is 25.9 Å². The lowest BCUT2D eigenvalue weighted by molar-refractivity contribution is -0.120. The fourth-order valence-electron chi connectivity index (χ4n) is 2.45. The van der Waals surface area contributed by atoms with E-state index in [1.54, 1.807) is 29.7 Å². The summed E-state index contributed by atoms with van der Waals surface area (Å²) in [5.74, 6) is 0.187. The van der Waals surface area contributed by atoms with Crippen molar-refractivity contribution in [2.45, 2.75) is 23.9 Å². The van der Waals surface area contributed by atoms with Gasteiger partial charge in [0.2, 0.25) is 5.91 Å². The van der Waals surface area contributed by atoms with E-state index in [-0.39, 0.29) is 17.0 Å². The molecular weight excluding hydrogens is 387 g/mol. The maximum atomic E-state index is 13.1. The topological polar surface area (TPSA) is 59.8 Å². The van der Waals surface area contributed by atoms with Crippen molar-refractivity contribution in [1.82, 2.24) is 20.1 Å². The van der Waals surface area contributed by atoms with Crippen LogP contribution in [0.15, 0.2) is 53.7 Å². The fourth-order valence-corrected chi connectivity index (χ4v) is 3.49. The van der Waals surface area contributed by atoms with Gasteiger partial charge in [-0.25, -0.2) is 4.39 Å². The van der Waals surface area contributed by atoms with Gasteiger partial charge >= 0.3 is 0 Å². The maximum Gasteiger partial charge on any atom is 0.233 e. The summed E-state index contributed by atoms with van der Waals surface area (Å²) < 4.78 is 14.9. The molecule has 5 nitrogen and oxygen atoms in total. The molecule has 3 aromatic rings. The molecule has 1 N–H and O–H groups in total. The molecule has 1 aromatic heterocycles. The number of hydrogen-bond acceptors (Lipinski definition) is 4. The number of rotatable bonds is 6. The van der Waals surface area contributed by atoms with Crippen molar-refractivity contribution in [3.05, 3.63) is 64.9 Å². The maximum absolute atomic E-state index is 13.1. The zero-order chi connectivity index (χ0) is 19.4. The molecule has 3 rings (SSSR count). The highest BCUT2D eigenvalue weighted by molar-refractivity contribution is 8.00. The minimum Gasteiger partial charge on any atom is -0.351 e. The highest BCUT2D eigenvalue weighted by atomic mass is 35.5. The van der Waals surface area contributed by atoms with Gasteiger partial charge < -0.3 is 9.88 Å². The number of amides is 1. The molecule has 8 heteroatoms. The molecule has 0 aliphatic rings. The minimum absolute atomic E-state index is 0.119. The molecular formula is C19H18ClFN4OS. The van der Waals surface area contributed by atoms with E-state index in [4.69, 9.17) is 11.6 Å². The van der Waals surface area contributed by atoms with E-state index in [0.717, 1.165) is 11.1 Å². The van der Waals surface area contributed by atoms with Crippen molar-refractivity contribution in [3.63, 3.8) is 0 Å². The molecule has 1 atom stereocenters. The smallest absolute Gasteiger partial charge is 0.233 e. The van der Waals surface area contributed by atoms with Crippen LogP contribution >= 0.6 is 23.4 Å². The molecule has 0 fully saturated rings. The molecule has 0 spiro atoms. The van der Waals surface area contributed by atoms with E-state index in [1.807, 2.05) is 25.2 Å². The first-order valence-electron chi connectivity index (χ1n) is 8.29. The van der Waals surface area contributed by atoms with Gasteiger partial charge in [0.05, 0.1) is 5.25 Å². The first kappa shape index (κ1) is 19.4. The summed E-state index contributed by atoms with van der Waals surface area (Å²) in [6.45, 7) is 2.17. The third-order valence-electron chi connectivity index (χ3n) is 4.00. The van der Waals surface area contributed by atoms with E-state index in [1.165, 1.54) is 23.9 Å². The highest BCUT2D eigenvalue weighted by Crippen LogP contribution is 2.26. The normalized spacial score (nSPS) is 12.0. The van der Waals surface area contributed by atoms with Crippen LogP contribution in [-0.2, 0) is 18.4 Å². The van der Waals surface area contributed by atoms with Gasteiger partial charge in [-0.1, -0.05) is 41.6 Å². The Morgan fingerprint density at radius 3 is 2.63 bits per heavy atom. The number of aromatic nitrogens is 3. The van der Waals surface area contributed by atoms with E-state index in [9.17, 15) is 9.18 Å². The Hall–Kier alpha value is -2.38. The van der Waals surface area contributed by atoms with Gasteiger partial charge in [-0.15, -0.1) is 10.2 Å². The predicted octanol–water partition coefficient (Wildman–Crippen LogP) is 4.07. The van der Waals surface area contributed by atoms with Crippen LogP contribution in [0.4, 0.5) is 4.39 Å². The third kappa shape index (κ3) is 4.67. The first-order chi connectivity index (χ1) is 13.0. The summed E-state index contributed by atoms with van der Waals surface area (Å²) in [7, 11) is 1.81. The van der Waals surface area contributed by atoms with Gasteiger partial charge in [0.25, 0.3) is 0 Å². The second kappa shape index (κ2) is 8.54. The summed E-state index contributed by atoms with van der Waals surface area (Å²) in [6, 6.07) is 13.4. The average molecular weight is 405 g/mol. The molecule has 0 saturated heterocycles. The number of benzene rings is 2. The second-order valence-corrected chi connectivity index (χ2v) is 7.66. The zero-order valence-electron chi connectivity index (χ0n) is 14.8. The number of hydrogen-bond donors (Lipinski definition) is 1. The van der Waals surface area contributed by atoms with Gasteiger partial charge in [0.15, 0.2) is 11.0 Å². The van der Waals surface area contributed by atoms with Crippen molar-refractivity contribution >= 4 is 29.3 Å². The summed E-state index contributed by atoms with van der Waals surface area (Å²) in [6.07, 6.45) is 0. The van der Waals surface area contributed by atoms with Gasteiger partial charge in [0, 0.05) is 24.2 Å². The molecule has 0 radical (unpaired) electrons. The number of thioether (sulfide) groups is 1. The Balaban J connectivity index is 1.64. The van der Waals surface area contributed by atoms with Crippen molar-refractivity contribution in [2.24, 2.45) is 7.05 Å². The van der Waals surface area contributed by atoms with Gasteiger partial charge in [-0.2, -0.15) is 0 Å². The Bertz CT molecular complexity index is 945. The van der Waals surface area contributed by atoms with E-state index >= 15 is 0 Å². The minimum atomic E-state index is -0.364. The molecule has 1 heterocycles. The van der Waals surface area contributed by atoms with E-state index in [0.29, 0.717) is 22.5 Å². The Morgan fingerprint density at radius 2 is 1.93 bits per heavy atom. The third-order valence-corrected chi connectivity index (χ3v) is 5.50. The van der Waals surface area contributed by atoms with Crippen LogP contribution in [0, 0.1) is 5.82 Å². The van der Waals surface area contributed by atoms with Crippen LogP contribution in [0.3, 0.4) is 0 Å². The zero-order valence-corrected chi connectivity index (χ0v) is 16.4. The van der Waals surface area contributed by atoms with Crippen LogP contribution in [0.2, 0.25) is 5.02 Å². The summed E-state index contributed by atoms with van der Waals surface area (Å²) in [4.78, 5) is 12.4. The molecule has 0 saturated carbocycles. The molecule has 140 valence electrons. The SMILES string of the molecule is C[C@@H](Sc1nnc(-c2ccc(F)cc2)n1C)C(=O)NCc1ccccc1Cl. The summed E-state index contributed by atoms with van der Waals surface area (Å²) in [5, 5.41) is 12.0. The second-order valence-electron chi connectivity index (χ2n) is 5.94. The number of nitrogens with zero attached hydrogens (tertiary/aromatic N) is 3. The number of carbonyl (C=O) groups is 1. The molecule has 0 bridgehead atoms. The fraction of sp³-hybridized carbons (Fsp3) is 0.211. The van der Waals surface area contributed by atoms with Gasteiger partial charge in [-0.05, 0) is 42.8 Å².